The quantitative estimate of drug-likeness (QED) is 0.185. The molecule has 0 aliphatic carbocycles. The number of thiazole rings is 1. The van der Waals surface area contributed by atoms with Crippen LogP contribution in [0.5, 0.6) is 5.75 Å². The summed E-state index contributed by atoms with van der Waals surface area (Å²) in [6, 6.07) is 18.0. The van der Waals surface area contributed by atoms with E-state index in [4.69, 9.17) is 21.1 Å². The summed E-state index contributed by atoms with van der Waals surface area (Å²) in [6.07, 6.45) is 1.78. The molecule has 1 aromatic heterocycles. The molecule has 6 nitrogen and oxygen atoms in total. The molecule has 1 aliphatic heterocycles. The van der Waals surface area contributed by atoms with Crippen LogP contribution in [0.1, 0.15) is 36.6 Å². The van der Waals surface area contributed by atoms with E-state index < -0.39 is 12.0 Å². The van der Waals surface area contributed by atoms with E-state index in [1.54, 1.807) is 32.1 Å². The summed E-state index contributed by atoms with van der Waals surface area (Å²) in [4.78, 5) is 32.3. The molecule has 0 bridgehead atoms. The minimum atomic E-state index is -0.788. The number of hydrogen-bond donors (Lipinski definition) is 0. The normalized spacial score (nSPS) is 15.0. The highest BCUT2D eigenvalue weighted by Gasteiger charge is 2.34. The Balaban J connectivity index is 1.65. The van der Waals surface area contributed by atoms with Crippen molar-refractivity contribution < 1.29 is 14.3 Å². The van der Waals surface area contributed by atoms with Gasteiger partial charge in [-0.05, 0) is 77.3 Å². The van der Waals surface area contributed by atoms with Gasteiger partial charge in [0.15, 0.2) is 4.80 Å². The molecule has 1 atom stereocenters. The molecule has 0 fully saturated rings. The fourth-order valence-corrected chi connectivity index (χ4v) is 7.41. The van der Waals surface area contributed by atoms with Crippen molar-refractivity contribution in [1.82, 2.24) is 4.57 Å². The first-order chi connectivity index (χ1) is 19.7. The maximum atomic E-state index is 14.0. The van der Waals surface area contributed by atoms with Crippen molar-refractivity contribution in [3.8, 4) is 5.75 Å². The lowest BCUT2D eigenvalue weighted by Crippen LogP contribution is -2.40. The van der Waals surface area contributed by atoms with Gasteiger partial charge >= 0.3 is 5.97 Å². The highest BCUT2D eigenvalue weighted by molar-refractivity contribution is 9.11. The number of halogens is 4. The van der Waals surface area contributed by atoms with Gasteiger partial charge < -0.3 is 9.47 Å². The summed E-state index contributed by atoms with van der Waals surface area (Å²) >= 11 is 18.5. The van der Waals surface area contributed by atoms with Crippen molar-refractivity contribution >= 4 is 82.8 Å². The molecule has 4 aromatic rings. The average molecular weight is 782 g/mol. The third kappa shape index (κ3) is 6.32. The van der Waals surface area contributed by atoms with E-state index in [1.165, 1.54) is 15.9 Å². The monoisotopic (exact) mass is 778 g/mol. The number of carbonyl (C=O) groups is 1. The number of esters is 1. The van der Waals surface area contributed by atoms with Gasteiger partial charge in [0.1, 0.15) is 18.4 Å². The number of allylic oxidation sites excluding steroid dienone is 1. The van der Waals surface area contributed by atoms with Crippen molar-refractivity contribution in [2.75, 3.05) is 6.61 Å². The molecule has 0 saturated carbocycles. The second-order valence-corrected chi connectivity index (χ2v) is 13.1. The van der Waals surface area contributed by atoms with Crippen molar-refractivity contribution in [3.05, 3.63) is 127 Å². The van der Waals surface area contributed by atoms with Crippen molar-refractivity contribution in [2.24, 2.45) is 4.99 Å². The van der Waals surface area contributed by atoms with E-state index in [-0.39, 0.29) is 17.7 Å². The predicted molar refractivity (Wildman–Crippen MR) is 172 cm³/mol. The second kappa shape index (κ2) is 12.8. The number of carbonyl (C=O) groups excluding carboxylic acids is 1. The Morgan fingerprint density at radius 3 is 2.54 bits per heavy atom. The molecule has 210 valence electrons. The van der Waals surface area contributed by atoms with Crippen LogP contribution in [-0.2, 0) is 16.1 Å². The molecule has 0 saturated heterocycles. The second-order valence-electron chi connectivity index (χ2n) is 9.04. The van der Waals surface area contributed by atoms with Crippen molar-refractivity contribution in [1.29, 1.82) is 0 Å². The van der Waals surface area contributed by atoms with Gasteiger partial charge in [-0.25, -0.2) is 9.79 Å². The number of benzene rings is 3. The van der Waals surface area contributed by atoms with Crippen LogP contribution in [0.4, 0.5) is 0 Å². The first kappa shape index (κ1) is 30.0. The van der Waals surface area contributed by atoms with Gasteiger partial charge in [-0.3, -0.25) is 9.36 Å². The first-order valence-electron chi connectivity index (χ1n) is 12.5. The summed E-state index contributed by atoms with van der Waals surface area (Å²) in [7, 11) is 0. The van der Waals surface area contributed by atoms with E-state index in [9.17, 15) is 9.59 Å². The Kier molecular flexibility index (Phi) is 9.35. The minimum absolute atomic E-state index is 0.191. The SMILES string of the molecule is CCOC(=O)C1=C(C)N=c2s/c(=C\c3cc(Br)cc(Br)c3OCc3ccc(Br)cc3)c(=O)n2[C@@H]1c1ccccc1Cl. The zero-order chi connectivity index (χ0) is 29.3. The van der Waals surface area contributed by atoms with Gasteiger partial charge in [0.25, 0.3) is 5.56 Å². The smallest absolute Gasteiger partial charge is 0.338 e. The molecule has 11 heteroatoms. The van der Waals surface area contributed by atoms with Gasteiger partial charge in [0, 0.05) is 19.5 Å². The Bertz CT molecular complexity index is 1870. The van der Waals surface area contributed by atoms with Gasteiger partial charge in [0.2, 0.25) is 0 Å². The fraction of sp³-hybridized carbons (Fsp3) is 0.167. The number of ether oxygens (including phenoxy) is 2. The van der Waals surface area contributed by atoms with E-state index in [0.29, 0.717) is 43.5 Å². The lowest BCUT2D eigenvalue weighted by molar-refractivity contribution is -0.139. The first-order valence-corrected chi connectivity index (χ1v) is 16.1. The lowest BCUT2D eigenvalue weighted by Gasteiger charge is -2.25. The standard InChI is InChI=1S/C30H22Br3ClN2O4S/c1-3-39-29(38)25-16(2)35-30-36(26(25)21-6-4-5-7-23(21)34)28(37)24(41-30)13-18-12-20(32)14-22(33)27(18)40-15-17-8-10-19(31)11-9-17/h4-14,26H,3,15H2,1-2H3/b24-13-/t26-/m1/s1. The average Bonchev–Trinajstić information content (AvgIpc) is 3.23. The Morgan fingerprint density at radius 2 is 1.83 bits per heavy atom. The Labute approximate surface area is 270 Å². The molecule has 0 spiro atoms. The molecule has 5 rings (SSSR count). The van der Waals surface area contributed by atoms with Gasteiger partial charge in [-0.2, -0.15) is 0 Å². The number of nitrogens with zero attached hydrogens (tertiary/aromatic N) is 2. The fourth-order valence-electron chi connectivity index (χ4n) is 4.50. The van der Waals surface area contributed by atoms with E-state index in [1.807, 2.05) is 48.5 Å². The zero-order valence-electron chi connectivity index (χ0n) is 21.8. The van der Waals surface area contributed by atoms with Crippen LogP contribution < -0.4 is 19.6 Å². The van der Waals surface area contributed by atoms with Crippen molar-refractivity contribution in [3.63, 3.8) is 0 Å². The van der Waals surface area contributed by atoms with Gasteiger partial charge in [-0.15, -0.1) is 0 Å². The number of hydrogen-bond acceptors (Lipinski definition) is 6. The van der Waals surface area contributed by atoms with Crippen LogP contribution in [-0.4, -0.2) is 17.1 Å². The van der Waals surface area contributed by atoms with Crippen LogP contribution in [0.15, 0.2) is 95.1 Å². The molecular formula is C30H22Br3ClN2O4S. The Hall–Kier alpha value is -2.50. The molecule has 3 aromatic carbocycles. The number of fused-ring (bicyclic) bond motifs is 1. The third-order valence-corrected chi connectivity index (χ3v) is 9.24. The van der Waals surface area contributed by atoms with Crippen LogP contribution in [0, 0.1) is 0 Å². The molecule has 41 heavy (non-hydrogen) atoms. The van der Waals surface area contributed by atoms with Gasteiger partial charge in [-0.1, -0.05) is 85.1 Å². The van der Waals surface area contributed by atoms with Crippen LogP contribution >= 0.6 is 70.7 Å². The van der Waals surface area contributed by atoms with Gasteiger partial charge in [0.05, 0.1) is 26.9 Å². The third-order valence-electron chi connectivity index (χ3n) is 6.34. The van der Waals surface area contributed by atoms with E-state index in [0.717, 1.165) is 19.0 Å². The van der Waals surface area contributed by atoms with Crippen LogP contribution in [0.25, 0.3) is 6.08 Å². The molecular weight excluding hydrogens is 760 g/mol. The minimum Gasteiger partial charge on any atom is -0.487 e. The maximum absolute atomic E-state index is 14.0. The molecule has 1 aliphatic rings. The lowest BCUT2D eigenvalue weighted by atomic mass is 9.96. The number of rotatable bonds is 7. The molecule has 0 radical (unpaired) electrons. The number of aromatic nitrogens is 1. The Morgan fingerprint density at radius 1 is 1.10 bits per heavy atom. The van der Waals surface area contributed by atoms with Crippen LogP contribution in [0.2, 0.25) is 5.02 Å². The maximum Gasteiger partial charge on any atom is 0.338 e. The summed E-state index contributed by atoms with van der Waals surface area (Å²) in [5, 5.41) is 0.433. The van der Waals surface area contributed by atoms with Crippen molar-refractivity contribution in [2.45, 2.75) is 26.5 Å². The zero-order valence-corrected chi connectivity index (χ0v) is 28.1. The summed E-state index contributed by atoms with van der Waals surface area (Å²) in [5.41, 5.74) is 2.76. The topological polar surface area (TPSA) is 69.9 Å². The molecule has 0 N–H and O–H groups in total. The summed E-state index contributed by atoms with van der Waals surface area (Å²) in [6.45, 7) is 4.01. The predicted octanol–water partition coefficient (Wildman–Crippen LogP) is 7.32. The van der Waals surface area contributed by atoms with Crippen LogP contribution in [0.3, 0.4) is 0 Å². The highest BCUT2D eigenvalue weighted by atomic mass is 79.9. The molecule has 2 heterocycles. The summed E-state index contributed by atoms with van der Waals surface area (Å²) in [5.74, 6) is 0.0560. The largest absolute Gasteiger partial charge is 0.487 e. The summed E-state index contributed by atoms with van der Waals surface area (Å²) < 4.78 is 16.1. The molecule has 0 amide bonds. The molecule has 0 unspecified atom stereocenters. The van der Waals surface area contributed by atoms with E-state index in [2.05, 4.69) is 52.8 Å². The van der Waals surface area contributed by atoms with E-state index >= 15 is 0 Å². The highest BCUT2D eigenvalue weighted by Crippen LogP contribution is 2.36.